The molecule has 114 valence electrons. The van der Waals surface area contributed by atoms with Gasteiger partial charge in [0.15, 0.2) is 5.79 Å². The van der Waals surface area contributed by atoms with Gasteiger partial charge in [-0.25, -0.2) is 0 Å². The third-order valence-electron chi connectivity index (χ3n) is 3.95. The van der Waals surface area contributed by atoms with Crippen LogP contribution in [-0.2, 0) is 9.47 Å². The second kappa shape index (κ2) is 8.28. The molecule has 0 N–H and O–H groups in total. The minimum absolute atomic E-state index is 0.133. The Hall–Kier alpha value is 0.780. The summed E-state index contributed by atoms with van der Waals surface area (Å²) in [5.41, 5.74) is 0. The molecule has 0 saturated carbocycles. The van der Waals surface area contributed by atoms with E-state index in [0.717, 1.165) is 0 Å². The zero-order valence-corrected chi connectivity index (χ0v) is 15.4. The van der Waals surface area contributed by atoms with Crippen molar-refractivity contribution in [2.75, 3.05) is 37.0 Å². The lowest BCUT2D eigenvalue weighted by Gasteiger charge is -2.24. The highest BCUT2D eigenvalue weighted by molar-refractivity contribution is 7.58. The highest BCUT2D eigenvalue weighted by atomic mass is 31.1. The molecule has 0 spiro atoms. The first kappa shape index (κ1) is 17.8. The van der Waals surface area contributed by atoms with Crippen LogP contribution >= 0.6 is 15.8 Å². The first-order valence-electron chi connectivity index (χ1n) is 7.76. The second-order valence-corrected chi connectivity index (χ2v) is 11.6. The first-order valence-corrected chi connectivity index (χ1v) is 11.6. The van der Waals surface area contributed by atoms with E-state index in [2.05, 4.69) is 41.5 Å². The molecule has 0 radical (unpaired) electrons. The third kappa shape index (κ3) is 5.58. The van der Waals surface area contributed by atoms with Crippen molar-refractivity contribution in [3.05, 3.63) is 0 Å². The molecule has 2 nitrogen and oxygen atoms in total. The fourth-order valence-electron chi connectivity index (χ4n) is 2.69. The standard InChI is InChI=1S/C15H32O2P2/c1-7-18(8-2)11-13-14(12-19(9-3)10-4)17-15(5,6)16-13/h13-14H,7-12H2,1-6H3/t13-,14-/m0/s1. The monoisotopic (exact) mass is 306 g/mol. The van der Waals surface area contributed by atoms with Gasteiger partial charge >= 0.3 is 0 Å². The van der Waals surface area contributed by atoms with Crippen molar-refractivity contribution >= 4 is 15.8 Å². The van der Waals surface area contributed by atoms with Gasteiger partial charge in [-0.1, -0.05) is 27.7 Å². The van der Waals surface area contributed by atoms with E-state index in [-0.39, 0.29) is 21.6 Å². The quantitative estimate of drug-likeness (QED) is 0.612. The number of hydrogen-bond acceptors (Lipinski definition) is 2. The maximum absolute atomic E-state index is 6.19. The smallest absolute Gasteiger partial charge is 0.163 e. The zero-order chi connectivity index (χ0) is 14.5. The highest BCUT2D eigenvalue weighted by Gasteiger charge is 2.42. The molecule has 1 aliphatic rings. The van der Waals surface area contributed by atoms with Gasteiger partial charge in [0, 0.05) is 0 Å². The van der Waals surface area contributed by atoms with Crippen molar-refractivity contribution < 1.29 is 9.47 Å². The number of rotatable bonds is 8. The van der Waals surface area contributed by atoms with Gasteiger partial charge in [0.25, 0.3) is 0 Å². The van der Waals surface area contributed by atoms with Gasteiger partial charge < -0.3 is 9.47 Å². The van der Waals surface area contributed by atoms with Crippen LogP contribution in [-0.4, -0.2) is 55.0 Å². The van der Waals surface area contributed by atoms with Crippen LogP contribution in [0.1, 0.15) is 41.5 Å². The van der Waals surface area contributed by atoms with Crippen molar-refractivity contribution in [3.63, 3.8) is 0 Å². The molecule has 0 unspecified atom stereocenters. The Morgan fingerprint density at radius 2 is 1.05 bits per heavy atom. The second-order valence-electron chi connectivity index (χ2n) is 5.68. The van der Waals surface area contributed by atoms with Gasteiger partial charge in [-0.05, 0) is 50.8 Å². The average Bonchev–Trinajstić information content (AvgIpc) is 2.67. The van der Waals surface area contributed by atoms with Crippen LogP contribution in [0.4, 0.5) is 0 Å². The summed E-state index contributed by atoms with van der Waals surface area (Å²) in [6.45, 7) is 13.4. The van der Waals surface area contributed by atoms with E-state index in [1.54, 1.807) is 0 Å². The maximum Gasteiger partial charge on any atom is 0.163 e. The van der Waals surface area contributed by atoms with Crippen LogP contribution in [0.3, 0.4) is 0 Å². The van der Waals surface area contributed by atoms with Gasteiger partial charge in [-0.2, -0.15) is 0 Å². The molecule has 19 heavy (non-hydrogen) atoms. The molecule has 0 aromatic heterocycles. The van der Waals surface area contributed by atoms with Crippen molar-refractivity contribution in [2.45, 2.75) is 59.5 Å². The third-order valence-corrected chi connectivity index (χ3v) is 9.28. The topological polar surface area (TPSA) is 18.5 Å². The Labute approximate surface area is 122 Å². The van der Waals surface area contributed by atoms with E-state index >= 15 is 0 Å². The molecule has 2 atom stereocenters. The van der Waals surface area contributed by atoms with Gasteiger partial charge in [-0.3, -0.25) is 0 Å². The van der Waals surface area contributed by atoms with Crippen molar-refractivity contribution in [2.24, 2.45) is 0 Å². The Morgan fingerprint density at radius 3 is 1.32 bits per heavy atom. The van der Waals surface area contributed by atoms with Gasteiger partial charge in [0.2, 0.25) is 0 Å². The summed E-state index contributed by atoms with van der Waals surface area (Å²) in [6.07, 6.45) is 8.39. The van der Waals surface area contributed by atoms with Gasteiger partial charge in [0.05, 0.1) is 12.2 Å². The predicted octanol–water partition coefficient (Wildman–Crippen LogP) is 4.55. The molecule has 1 saturated heterocycles. The molecule has 0 aromatic rings. The van der Waals surface area contributed by atoms with Crippen LogP contribution in [0.2, 0.25) is 0 Å². The molecule has 0 amide bonds. The van der Waals surface area contributed by atoms with E-state index in [1.165, 1.54) is 37.0 Å². The summed E-state index contributed by atoms with van der Waals surface area (Å²) in [7, 11) is 0.267. The molecule has 1 aliphatic heterocycles. The normalized spacial score (nSPS) is 26.5. The minimum Gasteiger partial charge on any atom is -0.344 e. The zero-order valence-electron chi connectivity index (χ0n) is 13.6. The first-order chi connectivity index (χ1) is 8.95. The lowest BCUT2D eigenvalue weighted by Crippen LogP contribution is -2.29. The summed E-state index contributed by atoms with van der Waals surface area (Å²) >= 11 is 0. The molecule has 0 aromatic carbocycles. The number of hydrogen-bond donors (Lipinski definition) is 0. The van der Waals surface area contributed by atoms with E-state index in [1.807, 2.05) is 0 Å². The Balaban J connectivity index is 2.64. The fraction of sp³-hybridized carbons (Fsp3) is 1.00. The summed E-state index contributed by atoms with van der Waals surface area (Å²) in [6, 6.07) is 0. The SMILES string of the molecule is CCP(CC)C[C@@H]1OC(C)(C)O[C@H]1CP(CC)CC. The van der Waals surface area contributed by atoms with Gasteiger partial charge in [0.1, 0.15) is 0 Å². The van der Waals surface area contributed by atoms with E-state index in [4.69, 9.17) is 9.47 Å². The van der Waals surface area contributed by atoms with E-state index < -0.39 is 0 Å². The molecule has 1 fully saturated rings. The largest absolute Gasteiger partial charge is 0.344 e. The molecule has 0 aliphatic carbocycles. The summed E-state index contributed by atoms with van der Waals surface area (Å²) in [4.78, 5) is 0. The van der Waals surface area contributed by atoms with E-state index in [0.29, 0.717) is 12.2 Å². The minimum atomic E-state index is -0.375. The Bertz CT molecular complexity index is 227. The lowest BCUT2D eigenvalue weighted by atomic mass is 10.3. The van der Waals surface area contributed by atoms with E-state index in [9.17, 15) is 0 Å². The molecular formula is C15H32O2P2. The van der Waals surface area contributed by atoms with Gasteiger partial charge in [-0.15, -0.1) is 15.8 Å². The molecule has 0 bridgehead atoms. The fourth-order valence-corrected chi connectivity index (χ4v) is 6.26. The van der Waals surface area contributed by atoms with Crippen LogP contribution in [0.25, 0.3) is 0 Å². The molecule has 1 rings (SSSR count). The predicted molar refractivity (Wildman–Crippen MR) is 89.6 cm³/mol. The summed E-state index contributed by atoms with van der Waals surface area (Å²) in [5, 5.41) is 0. The maximum atomic E-state index is 6.19. The van der Waals surface area contributed by atoms with Crippen molar-refractivity contribution in [3.8, 4) is 0 Å². The molecule has 1 heterocycles. The highest BCUT2D eigenvalue weighted by Crippen LogP contribution is 2.44. The van der Waals surface area contributed by atoms with Crippen LogP contribution in [0, 0.1) is 0 Å². The van der Waals surface area contributed by atoms with Crippen molar-refractivity contribution in [1.29, 1.82) is 0 Å². The Morgan fingerprint density at radius 1 is 0.737 bits per heavy atom. The van der Waals surface area contributed by atoms with Crippen LogP contribution in [0.5, 0.6) is 0 Å². The average molecular weight is 306 g/mol. The summed E-state index contributed by atoms with van der Waals surface area (Å²) < 4.78 is 12.4. The summed E-state index contributed by atoms with van der Waals surface area (Å²) in [5.74, 6) is -0.375. The molecule has 4 heteroatoms. The van der Waals surface area contributed by atoms with Crippen LogP contribution < -0.4 is 0 Å². The molecular weight excluding hydrogens is 274 g/mol. The van der Waals surface area contributed by atoms with Crippen molar-refractivity contribution in [1.82, 2.24) is 0 Å². The Kier molecular flexibility index (Phi) is 7.77. The number of ether oxygens (including phenoxy) is 2. The lowest BCUT2D eigenvalue weighted by molar-refractivity contribution is -0.142. The van der Waals surface area contributed by atoms with Crippen LogP contribution in [0.15, 0.2) is 0 Å².